The standard InChI is InChI=1S/C40H45F2N7O3/c1-4-30-32(42)14-11-26-18-29(50)22-48(36(26)30)28-12-13-31-33(19-28)46-38(47-37(31)45-24-40(15-7-8-16-40)23-44-35(51)5-2)52-25-39(3)20-27(41)21-49(39)34-10-6-9-17-43-34/h1,5-6,9-11,14,17,19,27,29,50H,2,7-8,12-13,15-16,18,20-25H2,3H3,(H,44,51)(H,45,46,47)/t27-,29-,39+/m1/s1. The molecule has 272 valence electrons. The second-order valence-corrected chi connectivity index (χ2v) is 14.8. The Kier molecular flexibility index (Phi) is 9.90. The van der Waals surface area contributed by atoms with Crippen LogP contribution in [0.3, 0.4) is 0 Å². The minimum absolute atomic E-state index is 0.118. The molecule has 1 saturated heterocycles. The van der Waals surface area contributed by atoms with E-state index >= 15 is 0 Å². The number of aliphatic hydroxyl groups excluding tert-OH is 1. The number of terminal acetylenes is 1. The summed E-state index contributed by atoms with van der Waals surface area (Å²) in [6.07, 6.45) is 14.8. The van der Waals surface area contributed by atoms with E-state index in [1.807, 2.05) is 41.0 Å². The summed E-state index contributed by atoms with van der Waals surface area (Å²) in [6, 6.07) is 8.75. The number of β-amino-alcohol motifs (C(OH)–C–C–N with tert-alkyl or cyclic N) is 1. The second-order valence-electron chi connectivity index (χ2n) is 14.8. The number of benzene rings is 1. The van der Waals surface area contributed by atoms with Crippen molar-refractivity contribution >= 4 is 29.3 Å². The van der Waals surface area contributed by atoms with Gasteiger partial charge in [-0.15, -0.1) is 6.42 Å². The number of aliphatic hydroxyl groups is 1. The van der Waals surface area contributed by atoms with Crippen LogP contribution >= 0.6 is 0 Å². The third kappa shape index (κ3) is 7.06. The summed E-state index contributed by atoms with van der Waals surface area (Å²) < 4.78 is 36.3. The molecule has 3 atom stereocenters. The van der Waals surface area contributed by atoms with Crippen LogP contribution in [0, 0.1) is 23.6 Å². The van der Waals surface area contributed by atoms with Crippen molar-refractivity contribution in [2.45, 2.75) is 76.1 Å². The summed E-state index contributed by atoms with van der Waals surface area (Å²) in [5.41, 5.74) is 3.07. The zero-order chi connectivity index (χ0) is 36.5. The monoisotopic (exact) mass is 709 g/mol. The van der Waals surface area contributed by atoms with Crippen molar-refractivity contribution in [3.05, 3.63) is 83.1 Å². The maximum Gasteiger partial charge on any atom is 0.319 e. The summed E-state index contributed by atoms with van der Waals surface area (Å²) in [7, 11) is 0. The number of nitrogens with zero attached hydrogens (tertiary/aromatic N) is 5. The van der Waals surface area contributed by atoms with Crippen LogP contribution in [0.1, 0.15) is 67.8 Å². The van der Waals surface area contributed by atoms with Crippen molar-refractivity contribution in [1.82, 2.24) is 20.3 Å². The van der Waals surface area contributed by atoms with Crippen LogP contribution in [0.15, 0.2) is 54.9 Å². The number of hydrogen-bond acceptors (Lipinski definition) is 9. The third-order valence-electron chi connectivity index (χ3n) is 11.0. The lowest BCUT2D eigenvalue weighted by Crippen LogP contribution is -2.46. The lowest BCUT2D eigenvalue weighted by molar-refractivity contribution is -0.116. The average molecular weight is 710 g/mol. The van der Waals surface area contributed by atoms with Crippen LogP contribution in [0.5, 0.6) is 6.01 Å². The Morgan fingerprint density at radius 2 is 2.02 bits per heavy atom. The van der Waals surface area contributed by atoms with Gasteiger partial charge in [-0.25, -0.2) is 13.8 Å². The third-order valence-corrected chi connectivity index (χ3v) is 11.0. The van der Waals surface area contributed by atoms with E-state index in [2.05, 4.69) is 28.1 Å². The molecule has 0 unspecified atom stereocenters. The predicted octanol–water partition coefficient (Wildman–Crippen LogP) is 5.36. The molecular formula is C40H45F2N7O3. The summed E-state index contributed by atoms with van der Waals surface area (Å²) in [5, 5.41) is 17.5. The molecular weight excluding hydrogens is 664 g/mol. The van der Waals surface area contributed by atoms with Gasteiger partial charge in [0.2, 0.25) is 5.91 Å². The summed E-state index contributed by atoms with van der Waals surface area (Å²) in [4.78, 5) is 30.2. The molecule has 12 heteroatoms. The number of amides is 1. The maximum atomic E-state index is 15.0. The molecule has 7 rings (SSSR count). The van der Waals surface area contributed by atoms with Gasteiger partial charge in [0, 0.05) is 55.3 Å². The zero-order valence-corrected chi connectivity index (χ0v) is 29.5. The normalized spacial score (nSPS) is 23.2. The second kappa shape index (κ2) is 14.5. The molecule has 1 aromatic carbocycles. The number of pyridine rings is 1. The molecule has 10 nitrogen and oxygen atoms in total. The van der Waals surface area contributed by atoms with Crippen LogP contribution < -0.4 is 25.2 Å². The molecule has 4 aliphatic rings. The highest BCUT2D eigenvalue weighted by Gasteiger charge is 2.44. The zero-order valence-electron chi connectivity index (χ0n) is 29.5. The smallest absolute Gasteiger partial charge is 0.319 e. The lowest BCUT2D eigenvalue weighted by Gasteiger charge is -2.38. The average Bonchev–Trinajstić information content (AvgIpc) is 3.75. The number of rotatable bonds is 11. The number of ether oxygens (including phenoxy) is 1. The molecule has 1 amide bonds. The Bertz CT molecular complexity index is 1910. The highest BCUT2D eigenvalue weighted by molar-refractivity contribution is 5.86. The van der Waals surface area contributed by atoms with E-state index in [0.29, 0.717) is 55.4 Å². The number of hydrogen-bond donors (Lipinski definition) is 3. The molecule has 3 aromatic rings. The first-order valence-electron chi connectivity index (χ1n) is 18.0. The van der Waals surface area contributed by atoms with Gasteiger partial charge in [-0.2, -0.15) is 9.97 Å². The van der Waals surface area contributed by atoms with Crippen molar-refractivity contribution in [1.29, 1.82) is 0 Å². The van der Waals surface area contributed by atoms with E-state index in [9.17, 15) is 18.7 Å². The lowest BCUT2D eigenvalue weighted by atomic mass is 9.85. The first-order chi connectivity index (χ1) is 25.1. The first kappa shape index (κ1) is 35.4. The van der Waals surface area contributed by atoms with Gasteiger partial charge in [0.05, 0.1) is 35.1 Å². The first-order valence-corrected chi connectivity index (χ1v) is 18.0. The topological polar surface area (TPSA) is 116 Å². The van der Waals surface area contributed by atoms with Gasteiger partial charge in [-0.05, 0) is 68.5 Å². The largest absolute Gasteiger partial charge is 0.461 e. The van der Waals surface area contributed by atoms with Crippen molar-refractivity contribution in [2.24, 2.45) is 5.41 Å². The van der Waals surface area contributed by atoms with Gasteiger partial charge in [-0.3, -0.25) is 4.79 Å². The summed E-state index contributed by atoms with van der Waals surface area (Å²) in [5.74, 6) is 3.15. The molecule has 4 heterocycles. The summed E-state index contributed by atoms with van der Waals surface area (Å²) in [6.45, 7) is 7.22. The maximum absolute atomic E-state index is 15.0. The van der Waals surface area contributed by atoms with Crippen LogP contribution in [-0.4, -0.2) is 76.6 Å². The molecule has 0 bridgehead atoms. The molecule has 0 spiro atoms. The highest BCUT2D eigenvalue weighted by Crippen LogP contribution is 2.41. The molecule has 2 aliphatic heterocycles. The number of nitrogens with one attached hydrogen (secondary N) is 2. The number of halogens is 2. The molecule has 2 aliphatic carbocycles. The van der Waals surface area contributed by atoms with Crippen molar-refractivity contribution in [3.8, 4) is 18.4 Å². The van der Waals surface area contributed by atoms with Gasteiger partial charge in [-0.1, -0.05) is 37.5 Å². The van der Waals surface area contributed by atoms with Crippen molar-refractivity contribution in [2.75, 3.05) is 47.9 Å². The summed E-state index contributed by atoms with van der Waals surface area (Å²) >= 11 is 0. The van der Waals surface area contributed by atoms with Gasteiger partial charge in [0.25, 0.3) is 0 Å². The van der Waals surface area contributed by atoms with Crippen LogP contribution in [-0.2, 0) is 17.6 Å². The van der Waals surface area contributed by atoms with E-state index < -0.39 is 23.6 Å². The number of allylic oxidation sites excluding steroid dienone is 1. The fourth-order valence-electron chi connectivity index (χ4n) is 8.32. The SMILES string of the molecule is C#Cc1c(F)ccc2c1N(C1=Cc3nc(OC[C@]4(C)C[C@@H](F)CN4c4ccccn4)nc(NCC4(CNC(=O)C=C)CCCC4)c3CC1)C[C@H](O)C2. The fraction of sp³-hybridized carbons (Fsp3) is 0.450. The minimum Gasteiger partial charge on any atom is -0.461 e. The van der Waals surface area contributed by atoms with E-state index in [-0.39, 0.29) is 49.0 Å². The van der Waals surface area contributed by atoms with Crippen molar-refractivity contribution < 1.29 is 23.4 Å². The fourth-order valence-corrected chi connectivity index (χ4v) is 8.32. The number of fused-ring (bicyclic) bond motifs is 2. The van der Waals surface area contributed by atoms with Gasteiger partial charge < -0.3 is 30.3 Å². The quantitative estimate of drug-likeness (QED) is 0.179. The minimum atomic E-state index is -1.05. The van der Waals surface area contributed by atoms with Gasteiger partial charge >= 0.3 is 6.01 Å². The van der Waals surface area contributed by atoms with Crippen LogP contribution in [0.25, 0.3) is 6.08 Å². The number of aromatic nitrogens is 3. The molecule has 0 radical (unpaired) electrons. The number of anilines is 3. The Morgan fingerprint density at radius 3 is 2.77 bits per heavy atom. The highest BCUT2D eigenvalue weighted by atomic mass is 19.1. The number of alkyl halides is 1. The predicted molar refractivity (Wildman–Crippen MR) is 197 cm³/mol. The molecule has 2 aromatic heterocycles. The Balaban J connectivity index is 1.23. The Labute approximate surface area is 303 Å². The molecule has 52 heavy (non-hydrogen) atoms. The van der Waals surface area contributed by atoms with E-state index in [4.69, 9.17) is 21.1 Å². The van der Waals surface area contributed by atoms with Crippen LogP contribution in [0.2, 0.25) is 0 Å². The molecule has 2 fully saturated rings. The number of carbonyl (C=O) groups excluding carboxylic acids is 1. The van der Waals surface area contributed by atoms with Gasteiger partial charge in [0.15, 0.2) is 0 Å². The number of carbonyl (C=O) groups is 1. The van der Waals surface area contributed by atoms with Gasteiger partial charge in [0.1, 0.15) is 30.2 Å². The Morgan fingerprint density at radius 1 is 1.19 bits per heavy atom. The Hall–Kier alpha value is -5.02. The van der Waals surface area contributed by atoms with E-state index in [1.54, 1.807) is 12.3 Å². The van der Waals surface area contributed by atoms with Crippen molar-refractivity contribution in [3.63, 3.8) is 0 Å². The molecule has 3 N–H and O–H groups in total. The molecule has 1 saturated carbocycles. The van der Waals surface area contributed by atoms with E-state index in [0.717, 1.165) is 42.5 Å². The van der Waals surface area contributed by atoms with Crippen LogP contribution in [0.4, 0.5) is 26.1 Å². The van der Waals surface area contributed by atoms with E-state index in [1.165, 1.54) is 12.1 Å².